The minimum atomic E-state index is -0.897. The van der Waals surface area contributed by atoms with Gasteiger partial charge < -0.3 is 23.7 Å². The van der Waals surface area contributed by atoms with Crippen LogP contribution in [0.2, 0.25) is 0 Å². The van der Waals surface area contributed by atoms with Gasteiger partial charge >= 0.3 is 17.9 Å². The number of rotatable bonds is 4. The van der Waals surface area contributed by atoms with E-state index in [0.29, 0.717) is 0 Å². The summed E-state index contributed by atoms with van der Waals surface area (Å²) in [6, 6.07) is 1.83. The van der Waals surface area contributed by atoms with E-state index < -0.39 is 34.6 Å². The molecule has 0 amide bonds. The average molecular weight is 473 g/mol. The zero-order valence-electron chi connectivity index (χ0n) is 20.1. The largest absolute Gasteiger partial charge is 0.481 e. The van der Waals surface area contributed by atoms with Crippen molar-refractivity contribution < 1.29 is 38.1 Å². The molecule has 184 valence electrons. The molecule has 1 N–H and O–H groups in total. The van der Waals surface area contributed by atoms with E-state index in [9.17, 15) is 19.5 Å². The first-order valence-electron chi connectivity index (χ1n) is 12.0. The van der Waals surface area contributed by atoms with Crippen LogP contribution in [-0.4, -0.2) is 41.3 Å². The molecule has 0 spiro atoms. The number of carbonyl (C=O) groups excluding carboxylic acids is 2. The number of carboxylic acid groups (broad SMARTS) is 1. The Hall–Kier alpha value is -2.61. The number of esters is 2. The maximum absolute atomic E-state index is 12.7. The van der Waals surface area contributed by atoms with Crippen LogP contribution in [0.1, 0.15) is 71.5 Å². The molecule has 5 rings (SSSR count). The molecule has 4 heterocycles. The van der Waals surface area contributed by atoms with Gasteiger partial charge in [0.15, 0.2) is 0 Å². The van der Waals surface area contributed by atoms with Crippen LogP contribution in [0.25, 0.3) is 0 Å². The van der Waals surface area contributed by atoms with Gasteiger partial charge in [-0.15, -0.1) is 0 Å². The third-order valence-corrected chi connectivity index (χ3v) is 9.03. The normalized spacial score (nSPS) is 39.2. The number of hydrogen-bond donors (Lipinski definition) is 1. The van der Waals surface area contributed by atoms with Crippen molar-refractivity contribution >= 4 is 17.9 Å². The van der Waals surface area contributed by atoms with Crippen LogP contribution in [0.15, 0.2) is 34.2 Å². The lowest BCUT2D eigenvalue weighted by Gasteiger charge is -2.54. The average Bonchev–Trinajstić information content (AvgIpc) is 3.35. The fourth-order valence-corrected chi connectivity index (χ4v) is 7.53. The topological polar surface area (TPSA) is 112 Å². The molecule has 34 heavy (non-hydrogen) atoms. The minimum absolute atomic E-state index is 0.0723. The Morgan fingerprint density at radius 3 is 2.65 bits per heavy atom. The monoisotopic (exact) mass is 472 g/mol. The van der Waals surface area contributed by atoms with E-state index in [0.717, 1.165) is 29.6 Å². The maximum atomic E-state index is 12.7. The van der Waals surface area contributed by atoms with Crippen LogP contribution in [-0.2, 0) is 28.6 Å². The van der Waals surface area contributed by atoms with Gasteiger partial charge in [0.2, 0.25) is 0 Å². The molecule has 0 bridgehead atoms. The number of carbonyl (C=O) groups is 3. The summed E-state index contributed by atoms with van der Waals surface area (Å²) < 4.78 is 23.2. The van der Waals surface area contributed by atoms with Crippen LogP contribution in [0.5, 0.6) is 0 Å². The second-order valence-electron chi connectivity index (χ2n) is 11.1. The van der Waals surface area contributed by atoms with Gasteiger partial charge in [-0.05, 0) is 51.2 Å². The van der Waals surface area contributed by atoms with Gasteiger partial charge in [-0.3, -0.25) is 14.4 Å². The first-order chi connectivity index (χ1) is 16.0. The minimum Gasteiger partial charge on any atom is -0.481 e. The molecule has 4 aliphatic rings. The van der Waals surface area contributed by atoms with E-state index in [2.05, 4.69) is 6.92 Å². The van der Waals surface area contributed by atoms with Gasteiger partial charge in [-0.25, -0.2) is 0 Å². The third-order valence-electron chi connectivity index (χ3n) is 9.03. The highest BCUT2D eigenvalue weighted by Crippen LogP contribution is 2.65. The van der Waals surface area contributed by atoms with Crippen LogP contribution in [0.4, 0.5) is 0 Å². The van der Waals surface area contributed by atoms with Crippen molar-refractivity contribution in [1.82, 2.24) is 0 Å². The molecule has 8 heteroatoms. The predicted octanol–water partition coefficient (Wildman–Crippen LogP) is 4.20. The van der Waals surface area contributed by atoms with Crippen LogP contribution < -0.4 is 0 Å². The lowest BCUT2D eigenvalue weighted by atomic mass is 9.52. The molecule has 0 aromatic carbocycles. The van der Waals surface area contributed by atoms with Crippen molar-refractivity contribution in [2.75, 3.05) is 6.61 Å². The number of aliphatic carboxylic acids is 1. The molecule has 0 saturated carbocycles. The lowest BCUT2D eigenvalue weighted by Crippen LogP contribution is -2.55. The van der Waals surface area contributed by atoms with Crippen molar-refractivity contribution in [3.05, 3.63) is 35.3 Å². The fourth-order valence-electron chi connectivity index (χ4n) is 7.53. The van der Waals surface area contributed by atoms with Crippen molar-refractivity contribution in [2.24, 2.45) is 22.7 Å². The lowest BCUT2D eigenvalue weighted by molar-refractivity contribution is -0.171. The van der Waals surface area contributed by atoms with Gasteiger partial charge in [-0.2, -0.15) is 0 Å². The van der Waals surface area contributed by atoms with E-state index in [1.54, 1.807) is 12.5 Å². The first-order valence-corrected chi connectivity index (χ1v) is 12.0. The molecular formula is C26H32O8. The Kier molecular flexibility index (Phi) is 5.24. The highest BCUT2D eigenvalue weighted by molar-refractivity contribution is 5.76. The van der Waals surface area contributed by atoms with E-state index in [1.165, 1.54) is 0 Å². The fraction of sp³-hybridized carbons (Fsp3) is 0.654. The number of allylic oxidation sites excluding steroid dienone is 1. The number of carboxylic acids is 1. The number of hydrogen-bond acceptors (Lipinski definition) is 7. The molecule has 1 aromatic rings. The smallest absolute Gasteiger partial charge is 0.310 e. The van der Waals surface area contributed by atoms with E-state index in [1.807, 2.05) is 26.8 Å². The van der Waals surface area contributed by atoms with E-state index in [-0.39, 0.29) is 49.6 Å². The molecule has 8 nitrogen and oxygen atoms in total. The Labute approximate surface area is 198 Å². The van der Waals surface area contributed by atoms with Gasteiger partial charge in [0.1, 0.15) is 12.7 Å². The molecule has 1 aromatic heterocycles. The number of fused-ring (bicyclic) bond motifs is 2. The molecule has 3 aliphatic heterocycles. The van der Waals surface area contributed by atoms with Crippen LogP contribution >= 0.6 is 0 Å². The Bertz CT molecular complexity index is 1050. The summed E-state index contributed by atoms with van der Waals surface area (Å²) in [5.41, 5.74) is 1.14. The highest BCUT2D eigenvalue weighted by Gasteiger charge is 2.67. The van der Waals surface area contributed by atoms with Crippen molar-refractivity contribution in [3.63, 3.8) is 0 Å². The van der Waals surface area contributed by atoms with Gasteiger partial charge in [0.25, 0.3) is 0 Å². The zero-order valence-corrected chi connectivity index (χ0v) is 20.1. The summed E-state index contributed by atoms with van der Waals surface area (Å²) in [6.45, 7) is 8.13. The van der Waals surface area contributed by atoms with Crippen molar-refractivity contribution in [1.29, 1.82) is 0 Å². The first kappa shape index (κ1) is 23.1. The van der Waals surface area contributed by atoms with Crippen molar-refractivity contribution in [3.8, 4) is 0 Å². The van der Waals surface area contributed by atoms with E-state index >= 15 is 0 Å². The second-order valence-corrected chi connectivity index (χ2v) is 11.1. The molecule has 6 atom stereocenters. The van der Waals surface area contributed by atoms with Crippen LogP contribution in [0, 0.1) is 22.7 Å². The summed E-state index contributed by atoms with van der Waals surface area (Å²) in [4.78, 5) is 36.9. The summed E-state index contributed by atoms with van der Waals surface area (Å²) >= 11 is 0. The van der Waals surface area contributed by atoms with Crippen LogP contribution in [0.3, 0.4) is 0 Å². The molecule has 1 aliphatic carbocycles. The number of furan rings is 1. The summed E-state index contributed by atoms with van der Waals surface area (Å²) in [5.74, 6) is -1.92. The highest BCUT2D eigenvalue weighted by atomic mass is 16.6. The molecular weight excluding hydrogens is 440 g/mol. The summed E-state index contributed by atoms with van der Waals surface area (Å²) in [5, 5.41) is 9.79. The SMILES string of the molecule is CC1=C2CC(=O)O[C@@H](c3ccoc3)[C@@]2(C)CC[C@H]1[C@]12COC(=O)C[C@H]1OC(C)(C)[C@@H]2CC(=O)O. The quantitative estimate of drug-likeness (QED) is 0.512. The molecule has 3 fully saturated rings. The third kappa shape index (κ3) is 3.25. The summed E-state index contributed by atoms with van der Waals surface area (Å²) in [6.07, 6.45) is 4.06. The predicted molar refractivity (Wildman–Crippen MR) is 118 cm³/mol. The molecule has 0 unspecified atom stereocenters. The van der Waals surface area contributed by atoms with E-state index in [4.69, 9.17) is 18.6 Å². The van der Waals surface area contributed by atoms with Gasteiger partial charge in [0.05, 0.1) is 43.5 Å². The summed E-state index contributed by atoms with van der Waals surface area (Å²) in [7, 11) is 0. The Balaban J connectivity index is 1.63. The zero-order chi connectivity index (χ0) is 24.5. The second kappa shape index (κ2) is 7.70. The number of cyclic esters (lactones) is 2. The van der Waals surface area contributed by atoms with Gasteiger partial charge in [0, 0.05) is 22.3 Å². The molecule has 0 radical (unpaired) electrons. The Morgan fingerprint density at radius 1 is 1.21 bits per heavy atom. The number of ether oxygens (including phenoxy) is 3. The van der Waals surface area contributed by atoms with Gasteiger partial charge in [-0.1, -0.05) is 12.5 Å². The van der Waals surface area contributed by atoms with Crippen molar-refractivity contribution in [2.45, 2.75) is 77.6 Å². The standard InChI is InChI=1S/C26H32O8/c1-14-16(5-7-25(4)17(14)9-22(30)33-23(25)15-6-8-31-12-15)26-13-32-21(29)11-19(26)34-24(2,3)18(26)10-20(27)28/h6,8,12,16,18-19,23H,5,7,9-11,13H2,1-4H3,(H,27,28)/t16-,18+,19-,23+,25+,26+/m1/s1. The Morgan fingerprint density at radius 2 is 1.97 bits per heavy atom. The molecule has 3 saturated heterocycles. The maximum Gasteiger partial charge on any atom is 0.310 e.